The predicted molar refractivity (Wildman–Crippen MR) is 109 cm³/mol. The third kappa shape index (κ3) is 4.50. The molecule has 4 aromatic rings. The van der Waals surface area contributed by atoms with Crippen molar-refractivity contribution in [3.05, 3.63) is 83.9 Å². The van der Waals surface area contributed by atoms with Crippen LogP contribution in [0.2, 0.25) is 0 Å². The van der Waals surface area contributed by atoms with E-state index in [1.165, 1.54) is 11.3 Å². The highest BCUT2D eigenvalue weighted by molar-refractivity contribution is 7.13. The molecule has 0 aliphatic heterocycles. The molecule has 0 fully saturated rings. The van der Waals surface area contributed by atoms with Gasteiger partial charge in [0.15, 0.2) is 0 Å². The van der Waals surface area contributed by atoms with Gasteiger partial charge in [0.1, 0.15) is 5.01 Å². The smallest absolute Gasteiger partial charge is 0.226 e. The molecule has 0 unspecified atom stereocenters. The second-order valence-corrected chi connectivity index (χ2v) is 7.15. The lowest BCUT2D eigenvalue weighted by molar-refractivity contribution is -0.120. The van der Waals surface area contributed by atoms with E-state index < -0.39 is 0 Å². The third-order valence-electron chi connectivity index (χ3n) is 4.19. The summed E-state index contributed by atoms with van der Waals surface area (Å²) < 4.78 is 1.84. The molecule has 1 amide bonds. The van der Waals surface area contributed by atoms with Gasteiger partial charge in [0.05, 0.1) is 24.0 Å². The first-order valence-corrected chi connectivity index (χ1v) is 9.86. The zero-order valence-corrected chi connectivity index (χ0v) is 16.0. The van der Waals surface area contributed by atoms with Crippen molar-refractivity contribution in [2.24, 2.45) is 0 Å². The van der Waals surface area contributed by atoms with Crippen molar-refractivity contribution < 1.29 is 4.79 Å². The fourth-order valence-corrected chi connectivity index (χ4v) is 3.60. The molecule has 0 radical (unpaired) electrons. The Morgan fingerprint density at radius 3 is 2.82 bits per heavy atom. The second-order valence-electron chi connectivity index (χ2n) is 6.29. The summed E-state index contributed by atoms with van der Waals surface area (Å²) in [6.07, 6.45) is 8.34. The van der Waals surface area contributed by atoms with Gasteiger partial charge in [-0.15, -0.1) is 11.3 Å². The number of amides is 1. The summed E-state index contributed by atoms with van der Waals surface area (Å²) in [4.78, 5) is 20.8. The van der Waals surface area contributed by atoms with E-state index >= 15 is 0 Å². The van der Waals surface area contributed by atoms with Crippen molar-refractivity contribution in [2.75, 3.05) is 6.54 Å². The quantitative estimate of drug-likeness (QED) is 0.526. The Kier molecular flexibility index (Phi) is 5.53. The van der Waals surface area contributed by atoms with Gasteiger partial charge >= 0.3 is 0 Å². The number of rotatable bonds is 7. The van der Waals surface area contributed by atoms with Crippen LogP contribution in [0, 0.1) is 0 Å². The minimum Gasteiger partial charge on any atom is -0.355 e. The lowest BCUT2D eigenvalue weighted by Gasteiger charge is -2.03. The SMILES string of the molecule is O=C(Cc1csc(-c2cccnc2)n1)NCCc1cnn(-c2ccccc2)c1. The first kappa shape index (κ1) is 18.1. The summed E-state index contributed by atoms with van der Waals surface area (Å²) >= 11 is 1.52. The van der Waals surface area contributed by atoms with Gasteiger partial charge < -0.3 is 5.32 Å². The molecular formula is C21H19N5OS. The van der Waals surface area contributed by atoms with Gasteiger partial charge in [-0.05, 0) is 36.2 Å². The van der Waals surface area contributed by atoms with Crippen LogP contribution in [0.15, 0.2) is 72.6 Å². The van der Waals surface area contributed by atoms with Gasteiger partial charge in [0.2, 0.25) is 5.91 Å². The standard InChI is InChI=1S/C21H19N5OS/c27-20(11-18-15-28-21(25-18)17-5-4-9-22-13-17)23-10-8-16-12-24-26(14-16)19-6-2-1-3-7-19/h1-7,9,12-15H,8,10-11H2,(H,23,27). The van der Waals surface area contributed by atoms with Crippen molar-refractivity contribution in [2.45, 2.75) is 12.8 Å². The number of pyridine rings is 1. The summed E-state index contributed by atoms with van der Waals surface area (Å²) in [6.45, 7) is 0.568. The Morgan fingerprint density at radius 1 is 1.11 bits per heavy atom. The topological polar surface area (TPSA) is 72.7 Å². The highest BCUT2D eigenvalue weighted by Gasteiger charge is 2.09. The lowest BCUT2D eigenvalue weighted by Crippen LogP contribution is -2.27. The molecule has 0 aliphatic rings. The van der Waals surface area contributed by atoms with Crippen molar-refractivity contribution in [1.29, 1.82) is 0 Å². The number of thiazole rings is 1. The fraction of sp³-hybridized carbons (Fsp3) is 0.143. The van der Waals surface area contributed by atoms with Crippen LogP contribution in [0.3, 0.4) is 0 Å². The van der Waals surface area contributed by atoms with Crippen LogP contribution in [-0.2, 0) is 17.6 Å². The second kappa shape index (κ2) is 8.58. The van der Waals surface area contributed by atoms with E-state index in [2.05, 4.69) is 20.4 Å². The molecule has 0 saturated carbocycles. The van der Waals surface area contributed by atoms with Crippen molar-refractivity contribution in [1.82, 2.24) is 25.1 Å². The van der Waals surface area contributed by atoms with Crippen LogP contribution in [-0.4, -0.2) is 32.2 Å². The number of hydrogen-bond acceptors (Lipinski definition) is 5. The molecule has 3 heterocycles. The molecule has 140 valence electrons. The van der Waals surface area contributed by atoms with Crippen LogP contribution in [0.1, 0.15) is 11.3 Å². The van der Waals surface area contributed by atoms with Gasteiger partial charge in [-0.1, -0.05) is 18.2 Å². The maximum Gasteiger partial charge on any atom is 0.226 e. The average Bonchev–Trinajstić information content (AvgIpc) is 3.39. The van der Waals surface area contributed by atoms with Crippen LogP contribution < -0.4 is 5.32 Å². The highest BCUT2D eigenvalue weighted by Crippen LogP contribution is 2.22. The first-order chi connectivity index (χ1) is 13.8. The minimum atomic E-state index is -0.0292. The Hall–Kier alpha value is -3.32. The molecule has 28 heavy (non-hydrogen) atoms. The summed E-state index contributed by atoms with van der Waals surface area (Å²) in [5.41, 5.74) is 3.84. The molecule has 0 saturated heterocycles. The molecule has 6 nitrogen and oxygen atoms in total. The van der Waals surface area contributed by atoms with Gasteiger partial charge in [0, 0.05) is 36.1 Å². The summed E-state index contributed by atoms with van der Waals surface area (Å²) in [7, 11) is 0. The average molecular weight is 389 g/mol. The minimum absolute atomic E-state index is 0.0292. The van der Waals surface area contributed by atoms with Crippen LogP contribution in [0.4, 0.5) is 0 Å². The number of carbonyl (C=O) groups is 1. The molecule has 0 atom stereocenters. The zero-order chi connectivity index (χ0) is 19.2. The van der Waals surface area contributed by atoms with E-state index in [0.29, 0.717) is 6.54 Å². The number of aromatic nitrogens is 4. The monoisotopic (exact) mass is 389 g/mol. The number of nitrogens with zero attached hydrogens (tertiary/aromatic N) is 4. The fourth-order valence-electron chi connectivity index (χ4n) is 2.79. The summed E-state index contributed by atoms with van der Waals surface area (Å²) in [6, 6.07) is 13.8. The highest BCUT2D eigenvalue weighted by atomic mass is 32.1. The van der Waals surface area contributed by atoms with Gasteiger partial charge in [-0.3, -0.25) is 9.78 Å². The molecule has 0 bridgehead atoms. The molecule has 0 aliphatic carbocycles. The molecular weight excluding hydrogens is 370 g/mol. The zero-order valence-electron chi connectivity index (χ0n) is 15.2. The number of nitrogens with one attached hydrogen (secondary N) is 1. The molecule has 3 aromatic heterocycles. The first-order valence-electron chi connectivity index (χ1n) is 8.98. The van der Waals surface area contributed by atoms with Gasteiger partial charge in [-0.2, -0.15) is 5.10 Å². The van der Waals surface area contributed by atoms with Crippen molar-refractivity contribution in [3.8, 4) is 16.3 Å². The Labute approximate surface area is 166 Å². The van der Waals surface area contributed by atoms with Crippen molar-refractivity contribution >= 4 is 17.2 Å². The van der Waals surface area contributed by atoms with E-state index in [4.69, 9.17) is 0 Å². The van der Waals surface area contributed by atoms with Crippen molar-refractivity contribution in [3.63, 3.8) is 0 Å². The maximum atomic E-state index is 12.2. The van der Waals surface area contributed by atoms with Crippen LogP contribution in [0.5, 0.6) is 0 Å². The number of para-hydroxylation sites is 1. The predicted octanol–water partition coefficient (Wildman–Crippen LogP) is 3.29. The number of hydrogen-bond donors (Lipinski definition) is 1. The normalized spacial score (nSPS) is 10.7. The Bertz CT molecular complexity index is 1040. The molecule has 1 aromatic carbocycles. The Morgan fingerprint density at radius 2 is 2.00 bits per heavy atom. The lowest BCUT2D eigenvalue weighted by atomic mass is 10.2. The molecule has 7 heteroatoms. The molecule has 0 spiro atoms. The van der Waals surface area contributed by atoms with E-state index in [0.717, 1.165) is 33.9 Å². The molecule has 1 N–H and O–H groups in total. The number of carbonyl (C=O) groups excluding carboxylic acids is 1. The largest absolute Gasteiger partial charge is 0.355 e. The number of benzene rings is 1. The molecule has 4 rings (SSSR count). The van der Waals surface area contributed by atoms with Crippen LogP contribution >= 0.6 is 11.3 Å². The maximum absolute atomic E-state index is 12.2. The van der Waals surface area contributed by atoms with Gasteiger partial charge in [0.25, 0.3) is 0 Å². The van der Waals surface area contributed by atoms with E-state index in [-0.39, 0.29) is 12.3 Å². The van der Waals surface area contributed by atoms with Gasteiger partial charge in [-0.25, -0.2) is 9.67 Å². The van der Waals surface area contributed by atoms with E-state index in [1.54, 1.807) is 12.4 Å². The third-order valence-corrected chi connectivity index (χ3v) is 5.13. The van der Waals surface area contributed by atoms with Crippen LogP contribution in [0.25, 0.3) is 16.3 Å². The summed E-state index contributed by atoms with van der Waals surface area (Å²) in [5.74, 6) is -0.0292. The van der Waals surface area contributed by atoms with E-state index in [1.807, 2.05) is 64.9 Å². The summed E-state index contributed by atoms with van der Waals surface area (Å²) in [5, 5.41) is 10.1. The Balaban J connectivity index is 1.26. The van der Waals surface area contributed by atoms with E-state index in [9.17, 15) is 4.79 Å².